The van der Waals surface area contributed by atoms with Crippen LogP contribution in [0.25, 0.3) is 0 Å². The second-order valence-electron chi connectivity index (χ2n) is 10.9. The standard InChI is InChI=1S/C22H32O7/c1-10(23)27-17-14-13(16(24)22(26)15(14)18(28-17)29-19(22)25)11-6-7-12-20(2,3)8-5-9-21(11,12)4/h11-18,24,26H,5-9H2,1-4H3. The molecule has 162 valence electrons. The minimum Gasteiger partial charge on any atom is -0.435 e. The predicted molar refractivity (Wildman–Crippen MR) is 99.9 cm³/mol. The summed E-state index contributed by atoms with van der Waals surface area (Å²) in [6.07, 6.45) is 2.25. The lowest BCUT2D eigenvalue weighted by molar-refractivity contribution is -0.211. The molecule has 2 saturated heterocycles. The van der Waals surface area contributed by atoms with E-state index in [0.29, 0.717) is 5.92 Å². The van der Waals surface area contributed by atoms with Gasteiger partial charge in [-0.15, -0.1) is 0 Å². The van der Waals surface area contributed by atoms with E-state index in [1.54, 1.807) is 0 Å². The van der Waals surface area contributed by atoms with Crippen LogP contribution in [0.4, 0.5) is 0 Å². The van der Waals surface area contributed by atoms with Crippen molar-refractivity contribution in [3.63, 3.8) is 0 Å². The van der Waals surface area contributed by atoms with E-state index in [4.69, 9.17) is 14.2 Å². The van der Waals surface area contributed by atoms with Gasteiger partial charge in [-0.3, -0.25) is 4.79 Å². The summed E-state index contributed by atoms with van der Waals surface area (Å²) < 4.78 is 16.4. The van der Waals surface area contributed by atoms with Crippen LogP contribution in [-0.2, 0) is 23.8 Å². The first kappa shape index (κ1) is 19.8. The first-order valence-electron chi connectivity index (χ1n) is 11.0. The van der Waals surface area contributed by atoms with Crippen molar-refractivity contribution in [3.8, 4) is 0 Å². The molecule has 2 N–H and O–H groups in total. The summed E-state index contributed by atoms with van der Waals surface area (Å²) in [5.74, 6) is -2.21. The number of rotatable bonds is 2. The summed E-state index contributed by atoms with van der Waals surface area (Å²) in [7, 11) is 0. The molecule has 7 nitrogen and oxygen atoms in total. The third-order valence-corrected chi connectivity index (χ3v) is 9.24. The molecule has 0 amide bonds. The van der Waals surface area contributed by atoms with Crippen LogP contribution in [0.2, 0.25) is 0 Å². The van der Waals surface area contributed by atoms with E-state index in [0.717, 1.165) is 25.7 Å². The van der Waals surface area contributed by atoms with Crippen LogP contribution in [0.15, 0.2) is 0 Å². The van der Waals surface area contributed by atoms with Crippen molar-refractivity contribution in [2.45, 2.75) is 84.1 Å². The van der Waals surface area contributed by atoms with Crippen molar-refractivity contribution < 1.29 is 34.0 Å². The first-order valence-corrected chi connectivity index (χ1v) is 11.0. The second kappa shape index (κ2) is 5.95. The molecular weight excluding hydrogens is 376 g/mol. The normalized spacial score (nSPS) is 54.8. The Bertz CT molecular complexity index is 749. The summed E-state index contributed by atoms with van der Waals surface area (Å²) in [4.78, 5) is 24.2. The molecule has 0 aromatic rings. The Morgan fingerprint density at radius 2 is 1.90 bits per heavy atom. The Morgan fingerprint density at radius 1 is 1.17 bits per heavy atom. The highest BCUT2D eigenvalue weighted by molar-refractivity contribution is 5.84. The van der Waals surface area contributed by atoms with E-state index in [-0.39, 0.29) is 22.7 Å². The van der Waals surface area contributed by atoms with Gasteiger partial charge in [-0.1, -0.05) is 27.2 Å². The van der Waals surface area contributed by atoms with Crippen LogP contribution in [0.3, 0.4) is 0 Å². The average Bonchev–Trinajstić information content (AvgIpc) is 3.26. The molecule has 29 heavy (non-hydrogen) atoms. The summed E-state index contributed by atoms with van der Waals surface area (Å²) in [5.41, 5.74) is -1.76. The minimum atomic E-state index is -1.99. The zero-order valence-corrected chi connectivity index (χ0v) is 17.6. The van der Waals surface area contributed by atoms with Crippen molar-refractivity contribution in [2.75, 3.05) is 0 Å². The lowest BCUT2D eigenvalue weighted by Crippen LogP contribution is -2.51. The highest BCUT2D eigenvalue weighted by atomic mass is 16.8. The highest BCUT2D eigenvalue weighted by Crippen LogP contribution is 2.68. The number of hydrogen-bond acceptors (Lipinski definition) is 7. The second-order valence-corrected chi connectivity index (χ2v) is 10.9. The molecule has 3 aliphatic carbocycles. The van der Waals surface area contributed by atoms with E-state index in [1.165, 1.54) is 13.3 Å². The molecule has 5 fully saturated rings. The Morgan fingerprint density at radius 3 is 2.59 bits per heavy atom. The van der Waals surface area contributed by atoms with E-state index in [2.05, 4.69) is 20.8 Å². The topological polar surface area (TPSA) is 102 Å². The number of carbonyl (C=O) groups is 2. The maximum atomic E-state index is 12.5. The van der Waals surface area contributed by atoms with Gasteiger partial charge in [-0.25, -0.2) is 4.79 Å². The average molecular weight is 408 g/mol. The molecule has 5 aliphatic rings. The fraction of sp³-hybridized carbons (Fsp3) is 0.909. The van der Waals surface area contributed by atoms with Gasteiger partial charge in [-0.2, -0.15) is 0 Å². The van der Waals surface area contributed by atoms with Crippen LogP contribution in [0.1, 0.15) is 59.8 Å². The van der Waals surface area contributed by atoms with Crippen LogP contribution in [0, 0.1) is 40.4 Å². The lowest BCUT2D eigenvalue weighted by Gasteiger charge is -2.51. The molecule has 7 heteroatoms. The zero-order chi connectivity index (χ0) is 20.9. The van der Waals surface area contributed by atoms with Gasteiger partial charge in [0.05, 0.1) is 12.0 Å². The van der Waals surface area contributed by atoms with Crippen molar-refractivity contribution in [1.29, 1.82) is 0 Å². The number of carbonyl (C=O) groups excluding carboxylic acids is 2. The Kier molecular flexibility index (Phi) is 4.05. The third-order valence-electron chi connectivity index (χ3n) is 9.24. The van der Waals surface area contributed by atoms with Gasteiger partial charge in [0.2, 0.25) is 12.6 Å². The number of aliphatic hydroxyl groups excluding tert-OH is 1. The molecule has 0 aromatic heterocycles. The van der Waals surface area contributed by atoms with E-state index in [1.807, 2.05) is 0 Å². The van der Waals surface area contributed by atoms with Gasteiger partial charge in [0.1, 0.15) is 0 Å². The summed E-state index contributed by atoms with van der Waals surface area (Å²) in [5, 5.41) is 22.6. The Hall–Kier alpha value is -1.18. The molecule has 10 atom stereocenters. The van der Waals surface area contributed by atoms with Crippen molar-refractivity contribution in [1.82, 2.24) is 0 Å². The van der Waals surface area contributed by atoms with Crippen LogP contribution < -0.4 is 0 Å². The molecule has 3 saturated carbocycles. The summed E-state index contributed by atoms with van der Waals surface area (Å²) in [6, 6.07) is 0. The summed E-state index contributed by atoms with van der Waals surface area (Å²) in [6.45, 7) is 8.29. The van der Waals surface area contributed by atoms with Gasteiger partial charge in [0.25, 0.3) is 0 Å². The third kappa shape index (κ3) is 2.35. The molecule has 2 aliphatic heterocycles. The van der Waals surface area contributed by atoms with Crippen molar-refractivity contribution >= 4 is 11.9 Å². The molecular formula is C22H32O7. The van der Waals surface area contributed by atoms with Gasteiger partial charge < -0.3 is 24.4 Å². The van der Waals surface area contributed by atoms with Gasteiger partial charge >= 0.3 is 11.9 Å². The van der Waals surface area contributed by atoms with E-state index < -0.39 is 48.1 Å². The fourth-order valence-corrected chi connectivity index (χ4v) is 8.24. The fourth-order valence-electron chi connectivity index (χ4n) is 8.24. The molecule has 2 heterocycles. The Labute approximate surface area is 171 Å². The lowest BCUT2D eigenvalue weighted by atomic mass is 9.53. The number of fused-ring (bicyclic) bond motifs is 1. The first-order chi connectivity index (χ1) is 13.5. The van der Waals surface area contributed by atoms with Gasteiger partial charge in [0.15, 0.2) is 5.60 Å². The molecule has 0 aromatic carbocycles. The Balaban J connectivity index is 1.56. The molecule has 0 bridgehead atoms. The van der Waals surface area contributed by atoms with Crippen molar-refractivity contribution in [2.24, 2.45) is 40.4 Å². The number of ether oxygens (including phenoxy) is 3. The number of hydrogen-bond donors (Lipinski definition) is 2. The molecule has 0 radical (unpaired) electrons. The molecule has 5 rings (SSSR count). The van der Waals surface area contributed by atoms with Crippen LogP contribution in [-0.4, -0.2) is 46.4 Å². The predicted octanol–water partition coefficient (Wildman–Crippen LogP) is 1.99. The smallest absolute Gasteiger partial charge is 0.343 e. The number of esters is 2. The van der Waals surface area contributed by atoms with Crippen LogP contribution in [0.5, 0.6) is 0 Å². The summed E-state index contributed by atoms with van der Waals surface area (Å²) >= 11 is 0. The quantitative estimate of drug-likeness (QED) is 0.674. The maximum Gasteiger partial charge on any atom is 0.343 e. The van der Waals surface area contributed by atoms with Gasteiger partial charge in [-0.05, 0) is 48.3 Å². The van der Waals surface area contributed by atoms with Crippen LogP contribution >= 0.6 is 0 Å². The SMILES string of the molecule is CC(=O)OC1OC2OC(=O)C3(O)C(O)C(C4CCC5C(C)(C)CCCC45C)C1C23. The molecule has 10 unspecified atom stereocenters. The van der Waals surface area contributed by atoms with E-state index >= 15 is 0 Å². The van der Waals surface area contributed by atoms with Crippen molar-refractivity contribution in [3.05, 3.63) is 0 Å². The number of aliphatic hydroxyl groups is 2. The largest absolute Gasteiger partial charge is 0.435 e. The minimum absolute atomic E-state index is 0.00512. The van der Waals surface area contributed by atoms with Gasteiger partial charge in [0, 0.05) is 18.8 Å². The highest BCUT2D eigenvalue weighted by Gasteiger charge is 2.79. The molecule has 0 spiro atoms. The maximum absolute atomic E-state index is 12.5. The van der Waals surface area contributed by atoms with E-state index in [9.17, 15) is 19.8 Å². The zero-order valence-electron chi connectivity index (χ0n) is 17.6. The monoisotopic (exact) mass is 408 g/mol.